The van der Waals surface area contributed by atoms with Gasteiger partial charge >= 0.3 is 0 Å². The number of hydrogen-bond acceptors (Lipinski definition) is 4. The molecule has 17 heavy (non-hydrogen) atoms. The molecule has 3 rings (SSSR count). The molecule has 0 amide bonds. The third-order valence-corrected chi connectivity index (χ3v) is 3.69. The number of rotatable bonds is 2. The van der Waals surface area contributed by atoms with Gasteiger partial charge in [0, 0.05) is 6.42 Å². The van der Waals surface area contributed by atoms with Crippen molar-refractivity contribution in [2.45, 2.75) is 24.9 Å². The maximum absolute atomic E-state index is 10.9. The van der Waals surface area contributed by atoms with Crippen molar-refractivity contribution in [2.75, 3.05) is 13.7 Å². The van der Waals surface area contributed by atoms with E-state index >= 15 is 0 Å². The van der Waals surface area contributed by atoms with Crippen LogP contribution in [0.3, 0.4) is 0 Å². The van der Waals surface area contributed by atoms with Crippen molar-refractivity contribution >= 4 is 0 Å². The molecule has 1 saturated heterocycles. The van der Waals surface area contributed by atoms with Crippen LogP contribution in [0.25, 0.3) is 0 Å². The molecule has 92 valence electrons. The van der Waals surface area contributed by atoms with Gasteiger partial charge in [-0.25, -0.2) is 0 Å². The lowest BCUT2D eigenvalue weighted by atomic mass is 9.83. The fourth-order valence-corrected chi connectivity index (χ4v) is 2.84. The second-order valence-corrected chi connectivity index (χ2v) is 4.61. The highest BCUT2D eigenvalue weighted by atomic mass is 16.5. The van der Waals surface area contributed by atoms with Crippen molar-refractivity contribution in [1.29, 1.82) is 0 Å². The quantitative estimate of drug-likeness (QED) is 0.854. The highest BCUT2D eigenvalue weighted by molar-refractivity contribution is 5.28. The van der Waals surface area contributed by atoms with E-state index in [9.17, 15) is 5.11 Å². The molecule has 4 nitrogen and oxygen atoms in total. The van der Waals surface area contributed by atoms with E-state index in [1.807, 2.05) is 6.07 Å². The summed E-state index contributed by atoms with van der Waals surface area (Å²) in [5.41, 5.74) is -1.01. The zero-order valence-corrected chi connectivity index (χ0v) is 9.81. The number of aliphatic hydroxyl groups is 1. The molecule has 0 saturated carbocycles. The molecule has 2 aliphatic rings. The molecule has 0 radical (unpaired) electrons. The Morgan fingerprint density at radius 2 is 2.41 bits per heavy atom. The summed E-state index contributed by atoms with van der Waals surface area (Å²) in [4.78, 5) is 0. The lowest BCUT2D eigenvalue weighted by Crippen LogP contribution is -2.34. The van der Waals surface area contributed by atoms with Crippen molar-refractivity contribution in [3.05, 3.63) is 35.7 Å². The summed E-state index contributed by atoms with van der Waals surface area (Å²) in [5.74, 6) is 2.10. The molecular formula is C13H16O4. The zero-order chi connectivity index (χ0) is 11.9. The zero-order valence-electron chi connectivity index (χ0n) is 9.81. The molecule has 0 bridgehead atoms. The summed E-state index contributed by atoms with van der Waals surface area (Å²) in [6.45, 7) is 0.701. The molecule has 0 aromatic carbocycles. The normalized spacial score (nSPS) is 32.2. The number of ether oxygens (including phenoxy) is 2. The van der Waals surface area contributed by atoms with Crippen LogP contribution in [-0.4, -0.2) is 18.8 Å². The first kappa shape index (κ1) is 10.7. The predicted octanol–water partition coefficient (Wildman–Crippen LogP) is 2.16. The number of fused-ring (bicyclic) bond motifs is 1. The summed E-state index contributed by atoms with van der Waals surface area (Å²) >= 11 is 0. The summed E-state index contributed by atoms with van der Waals surface area (Å²) < 4.78 is 16.4. The van der Waals surface area contributed by atoms with Gasteiger partial charge in [-0.2, -0.15) is 0 Å². The molecule has 1 aliphatic carbocycles. The topological polar surface area (TPSA) is 51.8 Å². The molecule has 1 aromatic heterocycles. The van der Waals surface area contributed by atoms with Crippen molar-refractivity contribution in [1.82, 2.24) is 0 Å². The van der Waals surface area contributed by atoms with Gasteiger partial charge in [-0.1, -0.05) is 0 Å². The Hall–Kier alpha value is -1.42. The average molecular weight is 236 g/mol. The fraction of sp³-hybridized carbons (Fsp3) is 0.538. The third-order valence-electron chi connectivity index (χ3n) is 3.69. The first-order valence-electron chi connectivity index (χ1n) is 5.92. The Balaban J connectivity index is 2.00. The second-order valence-electron chi connectivity index (χ2n) is 4.61. The van der Waals surface area contributed by atoms with Crippen LogP contribution in [-0.2, 0) is 15.1 Å². The van der Waals surface area contributed by atoms with Gasteiger partial charge in [0.25, 0.3) is 0 Å². The first-order chi connectivity index (χ1) is 8.25. The minimum absolute atomic E-state index is 0.0441. The number of furan rings is 1. The molecule has 1 fully saturated rings. The Labute approximate surface area is 99.8 Å². The Morgan fingerprint density at radius 1 is 1.53 bits per heavy atom. The van der Waals surface area contributed by atoms with E-state index in [-0.39, 0.29) is 5.92 Å². The van der Waals surface area contributed by atoms with Crippen LogP contribution in [0.1, 0.15) is 25.0 Å². The van der Waals surface area contributed by atoms with Crippen LogP contribution in [0.2, 0.25) is 0 Å². The van der Waals surface area contributed by atoms with E-state index in [0.717, 1.165) is 24.4 Å². The van der Waals surface area contributed by atoms with Crippen molar-refractivity contribution < 1.29 is 19.0 Å². The Morgan fingerprint density at radius 3 is 3.12 bits per heavy atom. The van der Waals surface area contributed by atoms with E-state index in [2.05, 4.69) is 0 Å². The van der Waals surface area contributed by atoms with Gasteiger partial charge < -0.3 is 19.0 Å². The first-order valence-corrected chi connectivity index (χ1v) is 5.92. The van der Waals surface area contributed by atoms with Gasteiger partial charge in [-0.05, 0) is 25.0 Å². The average Bonchev–Trinajstić information content (AvgIpc) is 2.97. The molecule has 0 unspecified atom stereocenters. The van der Waals surface area contributed by atoms with Crippen LogP contribution in [0.15, 0.2) is 34.3 Å². The van der Waals surface area contributed by atoms with Crippen molar-refractivity contribution in [3.8, 4) is 0 Å². The van der Waals surface area contributed by atoms with Crippen LogP contribution in [0.4, 0.5) is 0 Å². The van der Waals surface area contributed by atoms with Crippen LogP contribution < -0.4 is 0 Å². The monoisotopic (exact) mass is 236 g/mol. The molecule has 1 N–H and O–H groups in total. The minimum Gasteiger partial charge on any atom is -0.497 e. The van der Waals surface area contributed by atoms with E-state index in [1.165, 1.54) is 0 Å². The lowest BCUT2D eigenvalue weighted by Gasteiger charge is -2.31. The highest BCUT2D eigenvalue weighted by Gasteiger charge is 2.52. The van der Waals surface area contributed by atoms with Gasteiger partial charge in [-0.3, -0.25) is 0 Å². The summed E-state index contributed by atoms with van der Waals surface area (Å²) in [5, 5.41) is 10.9. The fourth-order valence-electron chi connectivity index (χ4n) is 2.84. The van der Waals surface area contributed by atoms with E-state index in [4.69, 9.17) is 13.9 Å². The van der Waals surface area contributed by atoms with Gasteiger partial charge in [0.05, 0.1) is 25.9 Å². The smallest absolute Gasteiger partial charge is 0.140 e. The van der Waals surface area contributed by atoms with Crippen LogP contribution in [0.5, 0.6) is 0 Å². The Bertz CT molecular complexity index is 434. The van der Waals surface area contributed by atoms with Crippen LogP contribution >= 0.6 is 0 Å². The van der Waals surface area contributed by atoms with E-state index in [0.29, 0.717) is 18.8 Å². The van der Waals surface area contributed by atoms with Crippen LogP contribution in [0, 0.1) is 5.92 Å². The summed E-state index contributed by atoms with van der Waals surface area (Å²) in [6, 6.07) is 3.60. The minimum atomic E-state index is -1.01. The highest BCUT2D eigenvalue weighted by Crippen LogP contribution is 2.51. The summed E-state index contributed by atoms with van der Waals surface area (Å²) in [7, 11) is 1.62. The third kappa shape index (κ3) is 1.47. The van der Waals surface area contributed by atoms with Gasteiger partial charge in [0.15, 0.2) is 0 Å². The number of hydrogen-bond donors (Lipinski definition) is 1. The predicted molar refractivity (Wildman–Crippen MR) is 59.9 cm³/mol. The SMILES string of the molecule is COC1=C2OCCC[C@H]2[C@](O)(c2ccco2)C1. The standard InChI is InChI=1S/C13H16O4/c1-15-10-8-13(14,11-5-3-6-16-11)9-4-2-7-17-12(9)10/h3,5-6,9,14H,2,4,7-8H2,1H3/t9-,13+/m1/s1. The van der Waals surface area contributed by atoms with Crippen molar-refractivity contribution in [3.63, 3.8) is 0 Å². The van der Waals surface area contributed by atoms with E-state index < -0.39 is 5.60 Å². The lowest BCUT2D eigenvalue weighted by molar-refractivity contribution is -0.0490. The van der Waals surface area contributed by atoms with E-state index in [1.54, 1.807) is 19.4 Å². The van der Waals surface area contributed by atoms with Gasteiger partial charge in [0.1, 0.15) is 22.9 Å². The maximum Gasteiger partial charge on any atom is 0.140 e. The summed E-state index contributed by atoms with van der Waals surface area (Å²) in [6.07, 6.45) is 3.87. The molecule has 4 heteroatoms. The van der Waals surface area contributed by atoms with Crippen molar-refractivity contribution in [2.24, 2.45) is 5.92 Å². The maximum atomic E-state index is 10.9. The van der Waals surface area contributed by atoms with Gasteiger partial charge in [-0.15, -0.1) is 0 Å². The second kappa shape index (κ2) is 3.81. The van der Waals surface area contributed by atoms with Gasteiger partial charge in [0.2, 0.25) is 0 Å². The molecule has 2 atom stereocenters. The molecule has 2 heterocycles. The molecule has 0 spiro atoms. The molecular weight excluding hydrogens is 220 g/mol. The number of methoxy groups -OCH3 is 1. The molecule has 1 aliphatic heterocycles. The molecule has 1 aromatic rings. The Kier molecular flexibility index (Phi) is 2.40. The largest absolute Gasteiger partial charge is 0.497 e.